The molecule has 3 nitrogen and oxygen atoms in total. The number of rotatable bonds is 3. The summed E-state index contributed by atoms with van der Waals surface area (Å²) in [6, 6.07) is 26.5. The van der Waals surface area contributed by atoms with Gasteiger partial charge >= 0.3 is 0 Å². The third kappa shape index (κ3) is 2.77. The quantitative estimate of drug-likeness (QED) is 0.698. The Kier molecular flexibility index (Phi) is 3.45. The van der Waals surface area contributed by atoms with Crippen LogP contribution in [0.2, 0.25) is 0 Å². The Morgan fingerprint density at radius 1 is 0.739 bits per heavy atom. The highest BCUT2D eigenvalue weighted by Crippen LogP contribution is 2.39. The molecule has 1 heterocycles. The number of anilines is 4. The first-order valence-electron chi connectivity index (χ1n) is 7.54. The molecular formula is C20H16N2O. The van der Waals surface area contributed by atoms with Gasteiger partial charge in [0.2, 0.25) is 0 Å². The summed E-state index contributed by atoms with van der Waals surface area (Å²) in [5, 5.41) is 3.39. The first-order valence-corrected chi connectivity index (χ1v) is 7.54. The van der Waals surface area contributed by atoms with Crippen LogP contribution in [0.3, 0.4) is 0 Å². The predicted octanol–water partition coefficient (Wildman–Crippen LogP) is 5.43. The van der Waals surface area contributed by atoms with Crippen LogP contribution in [0.1, 0.15) is 0 Å². The van der Waals surface area contributed by atoms with Crippen molar-refractivity contribution in [3.63, 3.8) is 0 Å². The Hall–Kier alpha value is -3.20. The van der Waals surface area contributed by atoms with E-state index in [1.807, 2.05) is 60.8 Å². The second kappa shape index (κ2) is 5.89. The lowest BCUT2D eigenvalue weighted by Gasteiger charge is -2.26. The predicted molar refractivity (Wildman–Crippen MR) is 94.5 cm³/mol. The monoisotopic (exact) mass is 300 g/mol. The summed E-state index contributed by atoms with van der Waals surface area (Å²) in [7, 11) is 0. The van der Waals surface area contributed by atoms with Gasteiger partial charge in [-0.2, -0.15) is 0 Å². The number of ether oxygens (including phenoxy) is 1. The third-order valence-corrected chi connectivity index (χ3v) is 3.72. The Morgan fingerprint density at radius 2 is 1.48 bits per heavy atom. The number of benzene rings is 3. The highest BCUT2D eigenvalue weighted by atomic mass is 16.5. The summed E-state index contributed by atoms with van der Waals surface area (Å²) >= 11 is 0. The van der Waals surface area contributed by atoms with Gasteiger partial charge in [0.1, 0.15) is 6.26 Å². The molecule has 0 saturated heterocycles. The molecule has 3 aromatic rings. The minimum Gasteiger partial charge on any atom is -0.461 e. The van der Waals surface area contributed by atoms with Crippen molar-refractivity contribution in [3.05, 3.63) is 91.3 Å². The van der Waals surface area contributed by atoms with E-state index in [0.29, 0.717) is 0 Å². The van der Waals surface area contributed by atoms with Crippen molar-refractivity contribution in [3.8, 4) is 5.75 Å². The third-order valence-electron chi connectivity index (χ3n) is 3.72. The molecule has 4 rings (SSSR count). The Balaban J connectivity index is 1.65. The van der Waals surface area contributed by atoms with Gasteiger partial charge < -0.3 is 15.0 Å². The van der Waals surface area contributed by atoms with E-state index in [-0.39, 0.29) is 0 Å². The zero-order chi connectivity index (χ0) is 15.5. The zero-order valence-corrected chi connectivity index (χ0v) is 12.5. The second-order valence-electron chi connectivity index (χ2n) is 5.28. The van der Waals surface area contributed by atoms with E-state index in [4.69, 9.17) is 4.74 Å². The van der Waals surface area contributed by atoms with Crippen molar-refractivity contribution in [2.45, 2.75) is 0 Å². The number of hydrogen-bond donors (Lipinski definition) is 1. The van der Waals surface area contributed by atoms with E-state index >= 15 is 0 Å². The Labute approximate surface area is 135 Å². The average Bonchev–Trinajstić information content (AvgIpc) is 2.63. The standard InChI is InChI=1S/C20H16N2O/c1-3-7-16(8-4-1)21-17-11-12-19-20(15-17)23-14-13-22(19)18-9-5-2-6-10-18/h1-15,21H. The summed E-state index contributed by atoms with van der Waals surface area (Å²) in [5.74, 6) is 0.831. The Morgan fingerprint density at radius 3 is 2.26 bits per heavy atom. The molecule has 0 spiro atoms. The van der Waals surface area contributed by atoms with E-state index in [9.17, 15) is 0 Å². The van der Waals surface area contributed by atoms with Crippen LogP contribution in [0.4, 0.5) is 22.7 Å². The summed E-state index contributed by atoms with van der Waals surface area (Å²) in [4.78, 5) is 2.12. The first kappa shape index (κ1) is 13.5. The molecule has 23 heavy (non-hydrogen) atoms. The van der Waals surface area contributed by atoms with Gasteiger partial charge in [-0.3, -0.25) is 0 Å². The molecule has 1 N–H and O–H groups in total. The molecule has 0 bridgehead atoms. The molecule has 0 radical (unpaired) electrons. The highest BCUT2D eigenvalue weighted by molar-refractivity contribution is 5.76. The molecule has 1 aliphatic rings. The zero-order valence-electron chi connectivity index (χ0n) is 12.5. The lowest BCUT2D eigenvalue weighted by atomic mass is 10.2. The molecular weight excluding hydrogens is 284 g/mol. The first-order chi connectivity index (χ1) is 11.4. The fourth-order valence-electron chi connectivity index (χ4n) is 2.63. The molecule has 0 saturated carbocycles. The summed E-state index contributed by atoms with van der Waals surface area (Å²) in [6.07, 6.45) is 3.64. The van der Waals surface area contributed by atoms with Crippen LogP contribution >= 0.6 is 0 Å². The smallest absolute Gasteiger partial charge is 0.152 e. The topological polar surface area (TPSA) is 24.5 Å². The van der Waals surface area contributed by atoms with Crippen molar-refractivity contribution in [2.24, 2.45) is 0 Å². The molecule has 3 heteroatoms. The fraction of sp³-hybridized carbons (Fsp3) is 0. The van der Waals surface area contributed by atoms with Gasteiger partial charge in [0.15, 0.2) is 5.75 Å². The highest BCUT2D eigenvalue weighted by Gasteiger charge is 2.16. The lowest BCUT2D eigenvalue weighted by molar-refractivity contribution is 0.473. The van der Waals surface area contributed by atoms with E-state index in [2.05, 4.69) is 34.5 Å². The van der Waals surface area contributed by atoms with E-state index in [1.54, 1.807) is 6.26 Å². The number of nitrogens with zero attached hydrogens (tertiary/aromatic N) is 1. The molecule has 0 amide bonds. The molecule has 112 valence electrons. The maximum atomic E-state index is 5.69. The van der Waals surface area contributed by atoms with Crippen LogP contribution in [0, 0.1) is 0 Å². The van der Waals surface area contributed by atoms with Gasteiger partial charge in [0.05, 0.1) is 5.69 Å². The van der Waals surface area contributed by atoms with E-state index in [0.717, 1.165) is 28.5 Å². The molecule has 3 aromatic carbocycles. The SMILES string of the molecule is C1=CN(c2ccccc2)c2ccc(Nc3ccccc3)cc2O1. The van der Waals surface area contributed by atoms with Crippen LogP contribution in [-0.4, -0.2) is 0 Å². The normalized spacial score (nSPS) is 12.4. The van der Waals surface area contributed by atoms with Crippen LogP contribution < -0.4 is 15.0 Å². The maximum absolute atomic E-state index is 5.69. The van der Waals surface area contributed by atoms with Crippen molar-refractivity contribution in [2.75, 3.05) is 10.2 Å². The van der Waals surface area contributed by atoms with Crippen LogP contribution in [0.5, 0.6) is 5.75 Å². The second-order valence-corrected chi connectivity index (χ2v) is 5.28. The largest absolute Gasteiger partial charge is 0.461 e. The summed E-state index contributed by atoms with van der Waals surface area (Å²) < 4.78 is 5.69. The number of fused-ring (bicyclic) bond motifs is 1. The van der Waals surface area contributed by atoms with Gasteiger partial charge in [0.25, 0.3) is 0 Å². The van der Waals surface area contributed by atoms with Gasteiger partial charge in [-0.15, -0.1) is 0 Å². The van der Waals surface area contributed by atoms with Crippen molar-refractivity contribution >= 4 is 22.7 Å². The van der Waals surface area contributed by atoms with Crippen molar-refractivity contribution in [1.29, 1.82) is 0 Å². The molecule has 0 unspecified atom stereocenters. The van der Waals surface area contributed by atoms with Gasteiger partial charge in [-0.25, -0.2) is 0 Å². The maximum Gasteiger partial charge on any atom is 0.152 e. The van der Waals surface area contributed by atoms with Gasteiger partial charge in [0, 0.05) is 29.3 Å². The number of nitrogens with one attached hydrogen (secondary N) is 1. The fourth-order valence-corrected chi connectivity index (χ4v) is 2.63. The molecule has 0 fully saturated rings. The van der Waals surface area contributed by atoms with Crippen LogP contribution in [-0.2, 0) is 0 Å². The molecule has 0 aliphatic carbocycles. The summed E-state index contributed by atoms with van der Waals surface area (Å²) in [5.41, 5.74) is 4.19. The van der Waals surface area contributed by atoms with E-state index in [1.165, 1.54) is 0 Å². The van der Waals surface area contributed by atoms with Crippen LogP contribution in [0.25, 0.3) is 0 Å². The molecule has 0 atom stereocenters. The minimum atomic E-state index is 0.831. The van der Waals surface area contributed by atoms with Crippen molar-refractivity contribution < 1.29 is 4.74 Å². The lowest BCUT2D eigenvalue weighted by Crippen LogP contribution is -2.13. The summed E-state index contributed by atoms with van der Waals surface area (Å²) in [6.45, 7) is 0. The van der Waals surface area contributed by atoms with Crippen molar-refractivity contribution in [1.82, 2.24) is 0 Å². The minimum absolute atomic E-state index is 0.831. The number of hydrogen-bond acceptors (Lipinski definition) is 3. The Bertz CT molecular complexity index is 829. The van der Waals surface area contributed by atoms with Gasteiger partial charge in [-0.1, -0.05) is 36.4 Å². The number of para-hydroxylation sites is 2. The van der Waals surface area contributed by atoms with E-state index < -0.39 is 0 Å². The van der Waals surface area contributed by atoms with Gasteiger partial charge in [-0.05, 0) is 36.4 Å². The molecule has 0 aromatic heterocycles. The average molecular weight is 300 g/mol. The molecule has 1 aliphatic heterocycles. The van der Waals surface area contributed by atoms with Crippen LogP contribution in [0.15, 0.2) is 91.3 Å².